The van der Waals surface area contributed by atoms with E-state index < -0.39 is 6.04 Å². The van der Waals surface area contributed by atoms with Crippen molar-refractivity contribution in [2.75, 3.05) is 19.6 Å². The predicted molar refractivity (Wildman–Crippen MR) is 102 cm³/mol. The van der Waals surface area contributed by atoms with Crippen LogP contribution in [-0.2, 0) is 22.7 Å². The first-order valence-corrected chi connectivity index (χ1v) is 10.3. The molecular weight excluding hydrogens is 356 g/mol. The average Bonchev–Trinajstić information content (AvgIpc) is 3.02. The maximum absolute atomic E-state index is 12.8. The third-order valence-electron chi connectivity index (χ3n) is 6.93. The lowest BCUT2D eigenvalue weighted by Crippen LogP contribution is -2.65. The van der Waals surface area contributed by atoms with E-state index in [1.807, 2.05) is 12.1 Å². The molecule has 2 N–H and O–H groups in total. The molecule has 0 aliphatic carbocycles. The molecular formula is C21H26N4O3. The summed E-state index contributed by atoms with van der Waals surface area (Å²) in [6.45, 7) is 4.66. The molecule has 3 fully saturated rings. The Morgan fingerprint density at radius 3 is 2.79 bits per heavy atom. The smallest absolute Gasteiger partial charge is 0.255 e. The lowest BCUT2D eigenvalue weighted by Gasteiger charge is -2.55. The molecule has 7 nitrogen and oxygen atoms in total. The molecule has 2 unspecified atom stereocenters. The topological polar surface area (TPSA) is 81.8 Å². The summed E-state index contributed by atoms with van der Waals surface area (Å²) in [7, 11) is 0. The monoisotopic (exact) mass is 382 g/mol. The Labute approximate surface area is 164 Å². The molecule has 148 valence electrons. The van der Waals surface area contributed by atoms with Gasteiger partial charge in [0.2, 0.25) is 11.8 Å². The Morgan fingerprint density at radius 2 is 2.07 bits per heavy atom. The summed E-state index contributed by atoms with van der Waals surface area (Å²) in [5.41, 5.74) is 3.21. The summed E-state index contributed by atoms with van der Waals surface area (Å²) in [6.07, 6.45) is 4.43. The first-order chi connectivity index (χ1) is 13.6. The molecule has 1 spiro atoms. The summed E-state index contributed by atoms with van der Waals surface area (Å²) in [5.74, 6) is -0.716. The molecule has 3 saturated heterocycles. The van der Waals surface area contributed by atoms with Gasteiger partial charge in [0.05, 0.1) is 0 Å². The Kier molecular flexibility index (Phi) is 4.25. The van der Waals surface area contributed by atoms with Gasteiger partial charge >= 0.3 is 0 Å². The molecule has 0 bridgehead atoms. The molecule has 3 amide bonds. The van der Waals surface area contributed by atoms with Crippen LogP contribution >= 0.6 is 0 Å². The van der Waals surface area contributed by atoms with E-state index in [0.29, 0.717) is 24.1 Å². The molecule has 0 radical (unpaired) electrons. The summed E-state index contributed by atoms with van der Waals surface area (Å²) in [5, 5.41) is 5.89. The van der Waals surface area contributed by atoms with Crippen LogP contribution in [0.4, 0.5) is 0 Å². The first kappa shape index (κ1) is 17.8. The van der Waals surface area contributed by atoms with E-state index in [0.717, 1.165) is 31.7 Å². The third-order valence-corrected chi connectivity index (χ3v) is 6.93. The second-order valence-electron chi connectivity index (χ2n) is 8.57. The zero-order valence-corrected chi connectivity index (χ0v) is 16.0. The van der Waals surface area contributed by atoms with E-state index in [1.165, 1.54) is 24.8 Å². The van der Waals surface area contributed by atoms with E-state index in [2.05, 4.69) is 21.6 Å². The van der Waals surface area contributed by atoms with Crippen molar-refractivity contribution >= 4 is 17.7 Å². The fourth-order valence-electron chi connectivity index (χ4n) is 5.21. The van der Waals surface area contributed by atoms with Gasteiger partial charge in [0.1, 0.15) is 6.04 Å². The number of rotatable bonds is 3. The van der Waals surface area contributed by atoms with Gasteiger partial charge in [-0.25, -0.2) is 0 Å². The Balaban J connectivity index is 1.31. The summed E-state index contributed by atoms with van der Waals surface area (Å²) in [6, 6.07) is 5.53. The second-order valence-corrected chi connectivity index (χ2v) is 8.57. The number of imide groups is 1. The maximum Gasteiger partial charge on any atom is 0.255 e. The van der Waals surface area contributed by atoms with Gasteiger partial charge in [0.25, 0.3) is 5.91 Å². The van der Waals surface area contributed by atoms with Crippen LogP contribution in [0.3, 0.4) is 0 Å². The molecule has 0 aromatic heterocycles. The predicted octanol–water partition coefficient (Wildman–Crippen LogP) is 0.776. The van der Waals surface area contributed by atoms with Gasteiger partial charge < -0.3 is 10.2 Å². The van der Waals surface area contributed by atoms with E-state index in [1.54, 1.807) is 4.90 Å². The highest BCUT2D eigenvalue weighted by Crippen LogP contribution is 2.38. The number of amides is 3. The van der Waals surface area contributed by atoms with E-state index >= 15 is 0 Å². The van der Waals surface area contributed by atoms with Crippen molar-refractivity contribution in [3.05, 3.63) is 34.9 Å². The Hall–Kier alpha value is -2.25. The molecule has 0 saturated carbocycles. The lowest BCUT2D eigenvalue weighted by molar-refractivity contribution is -0.136. The molecule has 4 aliphatic heterocycles. The highest BCUT2D eigenvalue weighted by molar-refractivity contribution is 6.05. The normalized spacial score (nSPS) is 30.4. The van der Waals surface area contributed by atoms with Crippen LogP contribution in [0.2, 0.25) is 0 Å². The molecule has 5 rings (SSSR count). The van der Waals surface area contributed by atoms with Crippen molar-refractivity contribution in [3.63, 3.8) is 0 Å². The van der Waals surface area contributed by atoms with Gasteiger partial charge in [-0.3, -0.25) is 24.6 Å². The Morgan fingerprint density at radius 1 is 1.18 bits per heavy atom. The number of piperidine rings is 2. The standard InChI is InChI=1S/C21H26N4O3/c26-18-5-4-17(19(27)23-18)25-12-15-10-14(2-3-16(15)20(25)28)11-24-9-7-21(24)6-1-8-22-13-21/h2-3,10,17,22H,1,4-9,11-13H2,(H,23,26,27). The van der Waals surface area contributed by atoms with Crippen molar-refractivity contribution in [1.82, 2.24) is 20.4 Å². The van der Waals surface area contributed by atoms with Crippen LogP contribution in [0.25, 0.3) is 0 Å². The molecule has 2 atom stereocenters. The maximum atomic E-state index is 12.8. The van der Waals surface area contributed by atoms with Gasteiger partial charge in [-0.05, 0) is 49.4 Å². The fraction of sp³-hybridized carbons (Fsp3) is 0.571. The highest BCUT2D eigenvalue weighted by atomic mass is 16.2. The first-order valence-electron chi connectivity index (χ1n) is 10.3. The summed E-state index contributed by atoms with van der Waals surface area (Å²) >= 11 is 0. The number of fused-ring (bicyclic) bond motifs is 1. The van der Waals surface area contributed by atoms with Crippen molar-refractivity contribution in [1.29, 1.82) is 0 Å². The number of carbonyl (C=O) groups is 3. The van der Waals surface area contributed by atoms with Crippen LogP contribution in [0.15, 0.2) is 18.2 Å². The Bertz CT molecular complexity index is 846. The van der Waals surface area contributed by atoms with Crippen molar-refractivity contribution in [2.45, 2.75) is 56.8 Å². The third kappa shape index (κ3) is 2.84. The van der Waals surface area contributed by atoms with Gasteiger partial charge in [-0.1, -0.05) is 12.1 Å². The van der Waals surface area contributed by atoms with Crippen LogP contribution < -0.4 is 10.6 Å². The number of likely N-dealkylation sites (tertiary alicyclic amines) is 1. The number of hydrogen-bond acceptors (Lipinski definition) is 5. The zero-order chi connectivity index (χ0) is 19.3. The fourth-order valence-corrected chi connectivity index (χ4v) is 5.21. The van der Waals surface area contributed by atoms with Crippen LogP contribution in [-0.4, -0.2) is 58.7 Å². The average molecular weight is 382 g/mol. The van der Waals surface area contributed by atoms with Crippen LogP contribution in [0.5, 0.6) is 0 Å². The lowest BCUT2D eigenvalue weighted by atomic mass is 9.78. The van der Waals surface area contributed by atoms with Gasteiger partial charge in [-0.2, -0.15) is 0 Å². The molecule has 1 aromatic rings. The highest BCUT2D eigenvalue weighted by Gasteiger charge is 2.45. The van der Waals surface area contributed by atoms with E-state index in [9.17, 15) is 14.4 Å². The number of benzene rings is 1. The zero-order valence-electron chi connectivity index (χ0n) is 16.0. The minimum absolute atomic E-state index is 0.104. The minimum Gasteiger partial charge on any atom is -0.322 e. The van der Waals surface area contributed by atoms with Crippen LogP contribution in [0.1, 0.15) is 53.6 Å². The molecule has 7 heteroatoms. The van der Waals surface area contributed by atoms with E-state index in [4.69, 9.17) is 0 Å². The summed E-state index contributed by atoms with van der Waals surface area (Å²) in [4.78, 5) is 40.6. The van der Waals surface area contributed by atoms with Gasteiger partial charge in [0.15, 0.2) is 0 Å². The van der Waals surface area contributed by atoms with Gasteiger partial charge in [0, 0.05) is 43.7 Å². The van der Waals surface area contributed by atoms with E-state index in [-0.39, 0.29) is 24.1 Å². The molecule has 1 aromatic carbocycles. The van der Waals surface area contributed by atoms with Gasteiger partial charge in [-0.15, -0.1) is 0 Å². The number of carbonyl (C=O) groups excluding carboxylic acids is 3. The SMILES string of the molecule is O=C1CCC(N2Cc3cc(CN4CCC45CCCNC5)ccc3C2=O)C(=O)N1. The molecule has 28 heavy (non-hydrogen) atoms. The quantitative estimate of drug-likeness (QED) is 0.755. The molecule has 4 heterocycles. The van der Waals surface area contributed by atoms with Crippen LogP contribution in [0, 0.1) is 0 Å². The number of hydrogen-bond donors (Lipinski definition) is 2. The second kappa shape index (κ2) is 6.67. The summed E-state index contributed by atoms with van der Waals surface area (Å²) < 4.78 is 0. The van der Waals surface area contributed by atoms with Crippen molar-refractivity contribution < 1.29 is 14.4 Å². The number of nitrogens with zero attached hydrogens (tertiary/aromatic N) is 2. The largest absolute Gasteiger partial charge is 0.322 e. The number of nitrogens with one attached hydrogen (secondary N) is 2. The minimum atomic E-state index is -0.548. The van der Waals surface area contributed by atoms with Crippen molar-refractivity contribution in [2.24, 2.45) is 0 Å². The van der Waals surface area contributed by atoms with Crippen molar-refractivity contribution in [3.8, 4) is 0 Å². The molecule has 4 aliphatic rings.